The Balaban J connectivity index is 1.68. The monoisotopic (exact) mass is 301 g/mol. The van der Waals surface area contributed by atoms with Crippen LogP contribution in [0.1, 0.15) is 25.3 Å². The van der Waals surface area contributed by atoms with Crippen LogP contribution in [0.25, 0.3) is 0 Å². The summed E-state index contributed by atoms with van der Waals surface area (Å²) >= 11 is 0. The summed E-state index contributed by atoms with van der Waals surface area (Å²) in [5, 5.41) is 0. The molecule has 22 heavy (non-hydrogen) atoms. The summed E-state index contributed by atoms with van der Waals surface area (Å²) in [5.41, 5.74) is 7.67. The van der Waals surface area contributed by atoms with Gasteiger partial charge in [0.1, 0.15) is 0 Å². The van der Waals surface area contributed by atoms with Gasteiger partial charge >= 0.3 is 0 Å². The number of amides is 2. The first-order chi connectivity index (χ1) is 10.6. The van der Waals surface area contributed by atoms with Crippen LogP contribution in [0.3, 0.4) is 0 Å². The maximum absolute atomic E-state index is 12.7. The summed E-state index contributed by atoms with van der Waals surface area (Å²) in [4.78, 5) is 28.1. The van der Waals surface area contributed by atoms with Crippen molar-refractivity contribution < 1.29 is 9.59 Å². The number of benzene rings is 1. The molecule has 0 bridgehead atoms. The highest BCUT2D eigenvalue weighted by molar-refractivity contribution is 5.97. The van der Waals surface area contributed by atoms with Gasteiger partial charge in [-0.15, -0.1) is 0 Å². The normalized spacial score (nSPS) is 25.0. The number of anilines is 1. The van der Waals surface area contributed by atoms with E-state index >= 15 is 0 Å². The molecule has 118 valence electrons. The zero-order valence-corrected chi connectivity index (χ0v) is 13.0. The highest BCUT2D eigenvalue weighted by Crippen LogP contribution is 2.32. The summed E-state index contributed by atoms with van der Waals surface area (Å²) in [6.07, 6.45) is 2.67. The number of fused-ring (bicyclic) bond motifs is 1. The summed E-state index contributed by atoms with van der Waals surface area (Å²) in [6, 6.07) is 8.28. The third-order valence-electron chi connectivity index (χ3n) is 4.74. The molecule has 2 aliphatic heterocycles. The average molecular weight is 301 g/mol. The van der Waals surface area contributed by atoms with Crippen molar-refractivity contribution in [3.8, 4) is 0 Å². The molecule has 0 radical (unpaired) electrons. The lowest BCUT2D eigenvalue weighted by molar-refractivity contribution is -0.125. The summed E-state index contributed by atoms with van der Waals surface area (Å²) in [6.45, 7) is 3.91. The molecular formula is C17H23N3O2. The Morgan fingerprint density at radius 3 is 2.86 bits per heavy atom. The number of rotatable bonds is 3. The van der Waals surface area contributed by atoms with Gasteiger partial charge in [-0.2, -0.15) is 0 Å². The number of primary amides is 1. The lowest BCUT2D eigenvalue weighted by atomic mass is 9.97. The molecule has 0 spiro atoms. The molecule has 0 saturated carbocycles. The molecule has 2 atom stereocenters. The summed E-state index contributed by atoms with van der Waals surface area (Å²) < 4.78 is 0. The van der Waals surface area contributed by atoms with Gasteiger partial charge in [-0.05, 0) is 44.4 Å². The van der Waals surface area contributed by atoms with Gasteiger partial charge in [0.2, 0.25) is 11.8 Å². The van der Waals surface area contributed by atoms with Gasteiger partial charge in [0.05, 0.1) is 12.5 Å². The molecule has 1 fully saturated rings. The minimum atomic E-state index is -0.253. The van der Waals surface area contributed by atoms with E-state index in [-0.39, 0.29) is 23.8 Å². The second-order valence-electron chi connectivity index (χ2n) is 6.42. The topological polar surface area (TPSA) is 66.6 Å². The zero-order chi connectivity index (χ0) is 15.7. The van der Waals surface area contributed by atoms with E-state index in [4.69, 9.17) is 5.73 Å². The van der Waals surface area contributed by atoms with Crippen molar-refractivity contribution in [2.75, 3.05) is 24.5 Å². The van der Waals surface area contributed by atoms with Gasteiger partial charge in [0, 0.05) is 18.3 Å². The number of carbonyl (C=O) groups excluding carboxylic acids is 2. The van der Waals surface area contributed by atoms with Crippen LogP contribution in [0.15, 0.2) is 24.3 Å². The number of para-hydroxylation sites is 1. The zero-order valence-electron chi connectivity index (χ0n) is 13.0. The van der Waals surface area contributed by atoms with Crippen LogP contribution < -0.4 is 10.6 Å². The lowest BCUT2D eigenvalue weighted by Crippen LogP contribution is -2.47. The summed E-state index contributed by atoms with van der Waals surface area (Å²) in [5.74, 6) is -0.260. The minimum Gasteiger partial charge on any atom is -0.369 e. The minimum absolute atomic E-state index is 0.113. The third kappa shape index (κ3) is 2.86. The van der Waals surface area contributed by atoms with Crippen LogP contribution >= 0.6 is 0 Å². The van der Waals surface area contributed by atoms with Crippen molar-refractivity contribution in [1.29, 1.82) is 0 Å². The fourth-order valence-electron chi connectivity index (χ4n) is 3.64. The third-order valence-corrected chi connectivity index (χ3v) is 4.74. The second kappa shape index (κ2) is 6.08. The first-order valence-corrected chi connectivity index (χ1v) is 7.98. The van der Waals surface area contributed by atoms with E-state index in [1.807, 2.05) is 23.1 Å². The van der Waals surface area contributed by atoms with Crippen molar-refractivity contribution >= 4 is 17.5 Å². The standard InChI is InChI=1S/C17H23N3O2/c1-12-9-13-5-2-3-7-15(13)20(12)16(21)11-19-8-4-6-14(10-19)17(18)22/h2-3,5,7,12,14H,4,6,8-11H2,1H3,(H2,18,22)/t12-,14+/m1/s1. The first-order valence-electron chi connectivity index (χ1n) is 7.98. The van der Waals surface area contributed by atoms with E-state index in [0.29, 0.717) is 13.1 Å². The molecule has 5 nitrogen and oxygen atoms in total. The Labute approximate surface area is 131 Å². The predicted octanol–water partition coefficient (Wildman–Crippen LogP) is 1.16. The molecular weight excluding hydrogens is 278 g/mol. The lowest BCUT2D eigenvalue weighted by Gasteiger charge is -2.32. The molecule has 2 N–H and O–H groups in total. The van der Waals surface area contributed by atoms with Gasteiger partial charge in [0.15, 0.2) is 0 Å². The highest BCUT2D eigenvalue weighted by atomic mass is 16.2. The van der Waals surface area contributed by atoms with E-state index in [0.717, 1.165) is 31.5 Å². The van der Waals surface area contributed by atoms with Gasteiger partial charge in [-0.3, -0.25) is 14.5 Å². The van der Waals surface area contributed by atoms with Crippen LogP contribution in [-0.4, -0.2) is 42.4 Å². The average Bonchev–Trinajstić information content (AvgIpc) is 2.83. The molecule has 2 heterocycles. The molecule has 2 aliphatic rings. The highest BCUT2D eigenvalue weighted by Gasteiger charge is 2.32. The largest absolute Gasteiger partial charge is 0.369 e. The number of hydrogen-bond acceptors (Lipinski definition) is 3. The Hall–Kier alpha value is -1.88. The molecule has 1 saturated heterocycles. The van der Waals surface area contributed by atoms with Crippen LogP contribution in [-0.2, 0) is 16.0 Å². The number of nitrogens with zero attached hydrogens (tertiary/aromatic N) is 2. The molecule has 0 aromatic heterocycles. The molecule has 1 aromatic rings. The van der Waals surface area contributed by atoms with Crippen molar-refractivity contribution in [3.05, 3.63) is 29.8 Å². The number of nitrogens with two attached hydrogens (primary N) is 1. The molecule has 1 aromatic carbocycles. The summed E-state index contributed by atoms with van der Waals surface area (Å²) in [7, 11) is 0. The van der Waals surface area contributed by atoms with Crippen molar-refractivity contribution in [2.24, 2.45) is 11.7 Å². The SMILES string of the molecule is C[C@@H]1Cc2ccccc2N1C(=O)CN1CCC[C@H](C(N)=O)C1. The van der Waals surface area contributed by atoms with Crippen molar-refractivity contribution in [1.82, 2.24) is 4.90 Å². The Morgan fingerprint density at radius 2 is 2.09 bits per heavy atom. The van der Waals surface area contributed by atoms with E-state index in [2.05, 4.69) is 17.9 Å². The molecule has 2 amide bonds. The van der Waals surface area contributed by atoms with Crippen LogP contribution in [0, 0.1) is 5.92 Å². The van der Waals surface area contributed by atoms with Crippen LogP contribution in [0.2, 0.25) is 0 Å². The molecule has 0 aliphatic carbocycles. The maximum Gasteiger partial charge on any atom is 0.241 e. The van der Waals surface area contributed by atoms with Gasteiger partial charge in [-0.1, -0.05) is 18.2 Å². The number of likely N-dealkylation sites (tertiary alicyclic amines) is 1. The van der Waals surface area contributed by atoms with Crippen LogP contribution in [0.4, 0.5) is 5.69 Å². The Bertz CT molecular complexity index is 587. The van der Waals surface area contributed by atoms with Crippen molar-refractivity contribution in [3.63, 3.8) is 0 Å². The van der Waals surface area contributed by atoms with Crippen LogP contribution in [0.5, 0.6) is 0 Å². The maximum atomic E-state index is 12.7. The fraction of sp³-hybridized carbons (Fsp3) is 0.529. The van der Waals surface area contributed by atoms with Gasteiger partial charge < -0.3 is 10.6 Å². The number of piperidine rings is 1. The quantitative estimate of drug-likeness (QED) is 0.911. The number of hydrogen-bond donors (Lipinski definition) is 1. The van der Waals surface area contributed by atoms with E-state index in [1.54, 1.807) is 0 Å². The Morgan fingerprint density at radius 1 is 1.32 bits per heavy atom. The second-order valence-corrected chi connectivity index (χ2v) is 6.42. The smallest absolute Gasteiger partial charge is 0.241 e. The van der Waals surface area contributed by atoms with E-state index in [9.17, 15) is 9.59 Å². The fourth-order valence-corrected chi connectivity index (χ4v) is 3.64. The van der Waals surface area contributed by atoms with E-state index < -0.39 is 0 Å². The Kier molecular flexibility index (Phi) is 4.16. The van der Waals surface area contributed by atoms with Crippen molar-refractivity contribution in [2.45, 2.75) is 32.2 Å². The molecule has 3 rings (SSSR count). The van der Waals surface area contributed by atoms with E-state index in [1.165, 1.54) is 5.56 Å². The molecule has 5 heteroatoms. The number of carbonyl (C=O) groups is 2. The molecule has 0 unspecified atom stereocenters. The van der Waals surface area contributed by atoms with Gasteiger partial charge in [0.25, 0.3) is 0 Å². The first kappa shape index (κ1) is 15.0. The predicted molar refractivity (Wildman–Crippen MR) is 85.5 cm³/mol. The van der Waals surface area contributed by atoms with Gasteiger partial charge in [-0.25, -0.2) is 0 Å².